The molecule has 0 saturated carbocycles. The van der Waals surface area contributed by atoms with Gasteiger partial charge in [0, 0.05) is 13.1 Å². The van der Waals surface area contributed by atoms with E-state index in [2.05, 4.69) is 15.7 Å². The van der Waals surface area contributed by atoms with E-state index in [1.165, 1.54) is 5.56 Å². The largest absolute Gasteiger partial charge is 0.492 e. The molecule has 2 aromatic rings. The maximum atomic E-state index is 11.7. The molecule has 21 heavy (non-hydrogen) atoms. The first-order chi connectivity index (χ1) is 10.0. The number of anilines is 1. The van der Waals surface area contributed by atoms with Crippen LogP contribution >= 0.6 is 0 Å². The highest BCUT2D eigenvalue weighted by molar-refractivity contribution is 5.88. The molecule has 0 aliphatic rings. The third kappa shape index (κ3) is 4.52. The maximum absolute atomic E-state index is 11.7. The average Bonchev–Trinajstić information content (AvgIpc) is 2.75. The van der Waals surface area contributed by atoms with Gasteiger partial charge in [-0.1, -0.05) is 17.7 Å². The van der Waals surface area contributed by atoms with Crippen molar-refractivity contribution in [1.82, 2.24) is 15.1 Å². The quantitative estimate of drug-likeness (QED) is 0.829. The Hall–Kier alpha value is -2.50. The van der Waals surface area contributed by atoms with Gasteiger partial charge < -0.3 is 10.1 Å². The number of hydrogen-bond donors (Lipinski definition) is 2. The van der Waals surface area contributed by atoms with Gasteiger partial charge in [0.25, 0.3) is 0 Å². The Balaban J connectivity index is 1.70. The Morgan fingerprint density at radius 1 is 1.29 bits per heavy atom. The Morgan fingerprint density at radius 3 is 2.62 bits per heavy atom. The monoisotopic (exact) mass is 288 g/mol. The van der Waals surface area contributed by atoms with Gasteiger partial charge in [0.2, 0.25) is 0 Å². The fraction of sp³-hybridized carbons (Fsp3) is 0.333. The third-order valence-electron chi connectivity index (χ3n) is 2.92. The predicted octanol–water partition coefficient (Wildman–Crippen LogP) is 2.24. The molecule has 0 unspecified atom stereocenters. The van der Waals surface area contributed by atoms with Gasteiger partial charge >= 0.3 is 6.03 Å². The number of aryl methyl sites for hydroxylation is 3. The first-order valence-electron chi connectivity index (χ1n) is 6.79. The Labute approximate surface area is 124 Å². The number of amides is 2. The lowest BCUT2D eigenvalue weighted by Gasteiger charge is -2.09. The number of nitrogens with one attached hydrogen (secondary N) is 2. The van der Waals surface area contributed by atoms with Gasteiger partial charge in [-0.15, -0.1) is 0 Å². The summed E-state index contributed by atoms with van der Waals surface area (Å²) in [6, 6.07) is 9.33. The van der Waals surface area contributed by atoms with Crippen LogP contribution in [0.25, 0.3) is 0 Å². The van der Waals surface area contributed by atoms with Gasteiger partial charge in [0.15, 0.2) is 0 Å². The first kappa shape index (κ1) is 14.9. The summed E-state index contributed by atoms with van der Waals surface area (Å²) in [5.41, 5.74) is 2.04. The number of benzene rings is 1. The topological polar surface area (TPSA) is 68.2 Å². The Kier molecular flexibility index (Phi) is 4.81. The van der Waals surface area contributed by atoms with Crippen molar-refractivity contribution in [3.63, 3.8) is 0 Å². The van der Waals surface area contributed by atoms with Crippen LogP contribution in [0, 0.1) is 13.8 Å². The molecule has 112 valence electrons. The number of nitrogens with zero attached hydrogens (tertiary/aromatic N) is 2. The lowest BCUT2D eigenvalue weighted by Crippen LogP contribution is -2.32. The summed E-state index contributed by atoms with van der Waals surface area (Å²) >= 11 is 0. The van der Waals surface area contributed by atoms with E-state index in [1.807, 2.05) is 44.2 Å². The van der Waals surface area contributed by atoms with Gasteiger partial charge in [0.05, 0.1) is 12.2 Å². The van der Waals surface area contributed by atoms with E-state index in [0.29, 0.717) is 19.0 Å². The van der Waals surface area contributed by atoms with Crippen molar-refractivity contribution in [3.05, 3.63) is 41.6 Å². The molecule has 6 nitrogen and oxygen atoms in total. The Morgan fingerprint density at radius 2 is 2.00 bits per heavy atom. The SMILES string of the molecule is Cc1ccc(OCCNC(=O)Nc2cc(C)nn2C)cc1. The molecule has 6 heteroatoms. The second-order valence-corrected chi connectivity index (χ2v) is 4.84. The number of carbonyl (C=O) groups is 1. The van der Waals surface area contributed by atoms with Crippen LogP contribution in [0.4, 0.5) is 10.6 Å². The summed E-state index contributed by atoms with van der Waals surface area (Å²) in [7, 11) is 1.78. The number of aromatic nitrogens is 2. The van der Waals surface area contributed by atoms with Crippen LogP contribution < -0.4 is 15.4 Å². The molecule has 1 aromatic carbocycles. The van der Waals surface area contributed by atoms with Crippen LogP contribution in [0.5, 0.6) is 5.75 Å². The zero-order valence-electron chi connectivity index (χ0n) is 12.5. The standard InChI is InChI=1S/C15H20N4O2/c1-11-4-6-13(7-5-11)21-9-8-16-15(20)17-14-10-12(2)18-19(14)3/h4-7,10H,8-9H2,1-3H3,(H2,16,17,20). The third-order valence-corrected chi connectivity index (χ3v) is 2.92. The minimum atomic E-state index is -0.273. The van der Waals surface area contributed by atoms with E-state index in [-0.39, 0.29) is 6.03 Å². The zero-order chi connectivity index (χ0) is 15.2. The molecule has 2 rings (SSSR count). The van der Waals surface area contributed by atoms with Crippen molar-refractivity contribution in [3.8, 4) is 5.75 Å². The highest BCUT2D eigenvalue weighted by Crippen LogP contribution is 2.11. The van der Waals surface area contributed by atoms with E-state index >= 15 is 0 Å². The Bertz CT molecular complexity index is 605. The van der Waals surface area contributed by atoms with Crippen molar-refractivity contribution in [2.45, 2.75) is 13.8 Å². The van der Waals surface area contributed by atoms with E-state index in [4.69, 9.17) is 4.74 Å². The van der Waals surface area contributed by atoms with Crippen molar-refractivity contribution in [2.75, 3.05) is 18.5 Å². The number of carbonyl (C=O) groups excluding carboxylic acids is 1. The summed E-state index contributed by atoms with van der Waals surface area (Å²) in [6.07, 6.45) is 0. The van der Waals surface area contributed by atoms with Crippen LogP contribution in [-0.2, 0) is 7.05 Å². The average molecular weight is 288 g/mol. The van der Waals surface area contributed by atoms with Crippen molar-refractivity contribution < 1.29 is 9.53 Å². The fourth-order valence-corrected chi connectivity index (χ4v) is 1.86. The maximum Gasteiger partial charge on any atom is 0.320 e. The smallest absolute Gasteiger partial charge is 0.320 e. The normalized spacial score (nSPS) is 10.2. The van der Waals surface area contributed by atoms with Crippen LogP contribution in [0.3, 0.4) is 0 Å². The molecule has 0 fully saturated rings. The molecule has 0 aliphatic carbocycles. The molecule has 0 atom stereocenters. The zero-order valence-corrected chi connectivity index (χ0v) is 12.5. The van der Waals surface area contributed by atoms with Crippen molar-refractivity contribution >= 4 is 11.8 Å². The molecule has 0 saturated heterocycles. The highest BCUT2D eigenvalue weighted by Gasteiger charge is 2.06. The molecular formula is C15H20N4O2. The number of hydrogen-bond acceptors (Lipinski definition) is 3. The molecule has 0 radical (unpaired) electrons. The van der Waals surface area contributed by atoms with Gasteiger partial charge in [-0.3, -0.25) is 10.00 Å². The van der Waals surface area contributed by atoms with Gasteiger partial charge in [0.1, 0.15) is 18.2 Å². The van der Waals surface area contributed by atoms with Crippen LogP contribution in [0.15, 0.2) is 30.3 Å². The summed E-state index contributed by atoms with van der Waals surface area (Å²) in [6.45, 7) is 4.74. The molecule has 2 N–H and O–H groups in total. The van der Waals surface area contributed by atoms with Crippen LogP contribution in [0.1, 0.15) is 11.3 Å². The van der Waals surface area contributed by atoms with Gasteiger partial charge in [-0.2, -0.15) is 5.10 Å². The van der Waals surface area contributed by atoms with E-state index < -0.39 is 0 Å². The van der Waals surface area contributed by atoms with Crippen LogP contribution in [0.2, 0.25) is 0 Å². The lowest BCUT2D eigenvalue weighted by atomic mass is 10.2. The molecule has 1 aromatic heterocycles. The molecule has 0 aliphatic heterocycles. The molecule has 0 spiro atoms. The number of urea groups is 1. The summed E-state index contributed by atoms with van der Waals surface area (Å²) < 4.78 is 7.15. The van der Waals surface area contributed by atoms with E-state index in [0.717, 1.165) is 11.4 Å². The lowest BCUT2D eigenvalue weighted by molar-refractivity contribution is 0.247. The molecule has 0 bridgehead atoms. The molecular weight excluding hydrogens is 268 g/mol. The highest BCUT2D eigenvalue weighted by atomic mass is 16.5. The molecule has 1 heterocycles. The molecule has 2 amide bonds. The summed E-state index contributed by atoms with van der Waals surface area (Å²) in [5, 5.41) is 9.62. The van der Waals surface area contributed by atoms with Crippen molar-refractivity contribution in [1.29, 1.82) is 0 Å². The second-order valence-electron chi connectivity index (χ2n) is 4.84. The minimum absolute atomic E-state index is 0.273. The fourth-order valence-electron chi connectivity index (χ4n) is 1.86. The number of rotatable bonds is 5. The summed E-state index contributed by atoms with van der Waals surface area (Å²) in [4.78, 5) is 11.7. The number of ether oxygens (including phenoxy) is 1. The summed E-state index contributed by atoms with van der Waals surface area (Å²) in [5.74, 6) is 1.45. The second kappa shape index (κ2) is 6.78. The predicted molar refractivity (Wildman–Crippen MR) is 81.6 cm³/mol. The van der Waals surface area contributed by atoms with E-state index in [1.54, 1.807) is 11.7 Å². The van der Waals surface area contributed by atoms with Crippen molar-refractivity contribution in [2.24, 2.45) is 7.05 Å². The van der Waals surface area contributed by atoms with Crippen LogP contribution in [-0.4, -0.2) is 29.0 Å². The van der Waals surface area contributed by atoms with Gasteiger partial charge in [-0.05, 0) is 26.0 Å². The van der Waals surface area contributed by atoms with E-state index in [9.17, 15) is 4.79 Å². The first-order valence-corrected chi connectivity index (χ1v) is 6.79. The van der Waals surface area contributed by atoms with Gasteiger partial charge in [-0.25, -0.2) is 4.79 Å². The minimum Gasteiger partial charge on any atom is -0.492 e.